The molecule has 0 bridgehead atoms. The Morgan fingerprint density at radius 3 is 2.81 bits per heavy atom. The van der Waals surface area contributed by atoms with E-state index in [9.17, 15) is 14.7 Å². The van der Waals surface area contributed by atoms with Crippen molar-refractivity contribution in [3.05, 3.63) is 40.1 Å². The van der Waals surface area contributed by atoms with Crippen LogP contribution in [0.4, 0.5) is 5.82 Å². The summed E-state index contributed by atoms with van der Waals surface area (Å²) in [4.78, 5) is 34.2. The maximum absolute atomic E-state index is 12.1. The second kappa shape index (κ2) is 6.16. The fourth-order valence-electron chi connectivity index (χ4n) is 2.61. The first-order chi connectivity index (χ1) is 12.5. The van der Waals surface area contributed by atoms with Gasteiger partial charge in [-0.1, -0.05) is 6.07 Å². The molecule has 2 amide bonds. The maximum Gasteiger partial charge on any atom is 0.267 e. The molecular weight excluding hydrogens is 374 g/mol. The third-order valence-corrected chi connectivity index (χ3v) is 5.65. The summed E-state index contributed by atoms with van der Waals surface area (Å²) < 4.78 is 0. The van der Waals surface area contributed by atoms with Gasteiger partial charge in [0.2, 0.25) is 5.91 Å². The second-order valence-electron chi connectivity index (χ2n) is 5.65. The minimum Gasteiger partial charge on any atom is -0.368 e. The van der Waals surface area contributed by atoms with Gasteiger partial charge in [0.1, 0.15) is 4.83 Å². The minimum absolute atomic E-state index is 0.240. The number of nitrogens with two attached hydrogens (primary N) is 1. The number of hydrogen-bond acceptors (Lipinski definition) is 8. The van der Waals surface area contributed by atoms with Crippen LogP contribution in [0.3, 0.4) is 0 Å². The first-order valence-corrected chi connectivity index (χ1v) is 9.30. The lowest BCUT2D eigenvalue weighted by Gasteiger charge is -2.23. The molecule has 3 aromatic heterocycles. The summed E-state index contributed by atoms with van der Waals surface area (Å²) >= 11 is 2.73. The zero-order chi connectivity index (χ0) is 18.4. The molecule has 0 aliphatic carbocycles. The molecule has 0 saturated carbocycles. The lowest BCUT2D eigenvalue weighted by Crippen LogP contribution is -2.40. The van der Waals surface area contributed by atoms with Gasteiger partial charge in [0, 0.05) is 11.5 Å². The number of aliphatic hydroxyl groups is 1. The van der Waals surface area contributed by atoms with Crippen LogP contribution in [0.2, 0.25) is 0 Å². The zero-order valence-electron chi connectivity index (χ0n) is 13.5. The minimum atomic E-state index is -1.12. The number of amides is 2. The van der Waals surface area contributed by atoms with Gasteiger partial charge in [0.05, 0.1) is 15.8 Å². The van der Waals surface area contributed by atoms with E-state index >= 15 is 0 Å². The summed E-state index contributed by atoms with van der Waals surface area (Å²) in [6.07, 6.45) is 0.215. The second-order valence-corrected chi connectivity index (χ2v) is 7.45. The van der Waals surface area contributed by atoms with Crippen LogP contribution in [-0.4, -0.2) is 38.1 Å². The number of hydrazine groups is 1. The number of aliphatic hydroxyl groups excluding tert-OH is 1. The molecule has 1 aliphatic rings. The molecular formula is C16H13N5O3S2. The molecule has 132 valence electrons. The number of anilines is 1. The van der Waals surface area contributed by atoms with Crippen molar-refractivity contribution >= 4 is 50.5 Å². The average Bonchev–Trinajstić information content (AvgIpc) is 3.31. The molecule has 26 heavy (non-hydrogen) atoms. The van der Waals surface area contributed by atoms with E-state index < -0.39 is 18.0 Å². The number of aromatic nitrogens is 2. The number of thiophene rings is 2. The van der Waals surface area contributed by atoms with E-state index in [1.807, 2.05) is 17.5 Å². The van der Waals surface area contributed by atoms with E-state index in [1.54, 1.807) is 12.3 Å². The molecule has 8 nitrogen and oxygen atoms in total. The van der Waals surface area contributed by atoms with E-state index in [1.165, 1.54) is 28.7 Å². The highest BCUT2D eigenvalue weighted by molar-refractivity contribution is 7.17. The van der Waals surface area contributed by atoms with Crippen molar-refractivity contribution in [3.8, 4) is 10.7 Å². The SMILES string of the molecule is CC1=CC(=O)N(Nc2nc(-c3cccs3)nc3scc(C(N)=O)c23)C1O. The quantitative estimate of drug-likeness (QED) is 0.629. The summed E-state index contributed by atoms with van der Waals surface area (Å²) in [5.74, 6) is -0.327. The number of nitrogens with zero attached hydrogens (tertiary/aromatic N) is 3. The first-order valence-electron chi connectivity index (χ1n) is 7.54. The first kappa shape index (κ1) is 16.6. The zero-order valence-corrected chi connectivity index (χ0v) is 15.1. The summed E-state index contributed by atoms with van der Waals surface area (Å²) in [7, 11) is 0. The summed E-state index contributed by atoms with van der Waals surface area (Å²) in [5.41, 5.74) is 9.05. The Morgan fingerprint density at radius 2 is 2.19 bits per heavy atom. The monoisotopic (exact) mass is 387 g/mol. The lowest BCUT2D eigenvalue weighted by atomic mass is 10.2. The van der Waals surface area contributed by atoms with Crippen molar-refractivity contribution in [2.24, 2.45) is 5.73 Å². The van der Waals surface area contributed by atoms with Crippen LogP contribution >= 0.6 is 22.7 Å². The maximum atomic E-state index is 12.1. The van der Waals surface area contributed by atoms with Crippen LogP contribution in [0.15, 0.2) is 34.5 Å². The summed E-state index contributed by atoms with van der Waals surface area (Å²) in [6, 6.07) is 3.75. The van der Waals surface area contributed by atoms with Crippen LogP contribution in [0.25, 0.3) is 20.9 Å². The fraction of sp³-hybridized carbons (Fsp3) is 0.125. The van der Waals surface area contributed by atoms with Gasteiger partial charge in [-0.05, 0) is 23.9 Å². The molecule has 4 rings (SSSR count). The fourth-order valence-corrected chi connectivity index (χ4v) is 4.20. The van der Waals surface area contributed by atoms with Crippen LogP contribution in [0.1, 0.15) is 17.3 Å². The highest BCUT2D eigenvalue weighted by atomic mass is 32.1. The van der Waals surface area contributed by atoms with Gasteiger partial charge in [0.15, 0.2) is 17.9 Å². The standard InChI is InChI=1S/C16H13N5O3S2/c1-7-5-10(22)21(16(7)24)20-14-11-8(12(17)23)6-26-15(11)19-13(18-14)9-3-2-4-25-9/h2-6,16,24H,1H3,(H2,17,23)(H,18,19,20). The Bertz CT molecular complexity index is 1060. The number of fused-ring (bicyclic) bond motifs is 1. The van der Waals surface area contributed by atoms with Gasteiger partial charge in [-0.15, -0.1) is 22.7 Å². The van der Waals surface area contributed by atoms with Crippen molar-refractivity contribution in [2.75, 3.05) is 5.43 Å². The van der Waals surface area contributed by atoms with Crippen LogP contribution in [0.5, 0.6) is 0 Å². The van der Waals surface area contributed by atoms with Crippen molar-refractivity contribution in [2.45, 2.75) is 13.2 Å². The largest absolute Gasteiger partial charge is 0.368 e. The van der Waals surface area contributed by atoms with Gasteiger partial charge in [-0.3, -0.25) is 15.0 Å². The average molecular weight is 387 g/mol. The van der Waals surface area contributed by atoms with Gasteiger partial charge in [-0.25, -0.2) is 15.0 Å². The number of primary amides is 1. The molecule has 1 atom stereocenters. The van der Waals surface area contributed by atoms with Gasteiger partial charge in [0.25, 0.3) is 5.91 Å². The highest BCUT2D eigenvalue weighted by Crippen LogP contribution is 2.34. The molecule has 0 radical (unpaired) electrons. The summed E-state index contributed by atoms with van der Waals surface area (Å²) in [6.45, 7) is 1.65. The highest BCUT2D eigenvalue weighted by Gasteiger charge is 2.30. The molecule has 1 aliphatic heterocycles. The molecule has 0 fully saturated rings. The van der Waals surface area contributed by atoms with Crippen LogP contribution in [0, 0.1) is 0 Å². The van der Waals surface area contributed by atoms with Crippen molar-refractivity contribution in [3.63, 3.8) is 0 Å². The van der Waals surface area contributed by atoms with Gasteiger partial charge < -0.3 is 10.8 Å². The smallest absolute Gasteiger partial charge is 0.267 e. The molecule has 1 unspecified atom stereocenters. The number of carbonyl (C=O) groups is 2. The normalized spacial score (nSPS) is 17.0. The molecule has 0 saturated heterocycles. The van der Waals surface area contributed by atoms with Gasteiger partial charge >= 0.3 is 0 Å². The van der Waals surface area contributed by atoms with E-state index in [-0.39, 0.29) is 11.4 Å². The Labute approximate surface area is 155 Å². The number of carbonyl (C=O) groups excluding carboxylic acids is 2. The van der Waals surface area contributed by atoms with Crippen molar-refractivity contribution in [1.29, 1.82) is 0 Å². The molecule has 4 heterocycles. The van der Waals surface area contributed by atoms with Crippen molar-refractivity contribution in [1.82, 2.24) is 15.0 Å². The van der Waals surface area contributed by atoms with Crippen LogP contribution < -0.4 is 11.2 Å². The third-order valence-electron chi connectivity index (χ3n) is 3.91. The third kappa shape index (κ3) is 2.64. The predicted octanol–water partition coefficient (Wildman–Crippen LogP) is 1.95. The molecule has 10 heteroatoms. The van der Waals surface area contributed by atoms with Crippen molar-refractivity contribution < 1.29 is 14.7 Å². The molecule has 0 spiro atoms. The number of hydrogen-bond donors (Lipinski definition) is 3. The van der Waals surface area contributed by atoms with E-state index in [0.717, 1.165) is 9.89 Å². The Hall–Kier alpha value is -2.82. The molecule has 0 aromatic carbocycles. The van der Waals surface area contributed by atoms with E-state index in [0.29, 0.717) is 21.6 Å². The lowest BCUT2D eigenvalue weighted by molar-refractivity contribution is -0.129. The topological polar surface area (TPSA) is 121 Å². The van der Waals surface area contributed by atoms with E-state index in [2.05, 4.69) is 15.4 Å². The van der Waals surface area contributed by atoms with Gasteiger partial charge in [-0.2, -0.15) is 0 Å². The molecule has 3 aromatic rings. The Balaban J connectivity index is 1.86. The molecule has 4 N–H and O–H groups in total. The Morgan fingerprint density at radius 1 is 1.38 bits per heavy atom. The van der Waals surface area contributed by atoms with E-state index in [4.69, 9.17) is 5.73 Å². The Kier molecular flexibility index (Phi) is 3.94. The predicted molar refractivity (Wildman–Crippen MR) is 99.5 cm³/mol. The van der Waals surface area contributed by atoms with Crippen LogP contribution in [-0.2, 0) is 4.79 Å². The summed E-state index contributed by atoms with van der Waals surface area (Å²) in [5, 5.41) is 15.2. The number of nitrogens with one attached hydrogen (secondary N) is 1. The number of rotatable bonds is 4.